The molecule has 6 heteroatoms. The molecule has 1 aromatic rings. The lowest BCUT2D eigenvalue weighted by Gasteiger charge is -2.09. The van der Waals surface area contributed by atoms with Crippen LogP contribution in [0.5, 0.6) is 0 Å². The Bertz CT molecular complexity index is 373. The van der Waals surface area contributed by atoms with Crippen molar-refractivity contribution in [1.82, 2.24) is 0 Å². The van der Waals surface area contributed by atoms with Gasteiger partial charge in [-0.25, -0.2) is 8.78 Å². The fourth-order valence-electron chi connectivity index (χ4n) is 0.832. The molecule has 0 saturated heterocycles. The van der Waals surface area contributed by atoms with E-state index in [1.165, 1.54) is 0 Å². The molecular weight excluding hydrogens is 256 g/mol. The number of carbonyl (C=O) groups is 1. The molecule has 76 valence electrons. The molecule has 1 aromatic carbocycles. The van der Waals surface area contributed by atoms with E-state index in [0.717, 1.165) is 18.2 Å². The van der Waals surface area contributed by atoms with E-state index >= 15 is 0 Å². The normalized spacial score (nSPS) is 11.5. The topological polar surface area (TPSA) is 17.1 Å². The van der Waals surface area contributed by atoms with Gasteiger partial charge < -0.3 is 0 Å². The number of halogens is 5. The summed E-state index contributed by atoms with van der Waals surface area (Å²) in [6, 6.07) is 3.06. The minimum Gasteiger partial charge on any atom is -0.289 e. The summed E-state index contributed by atoms with van der Waals surface area (Å²) < 4.78 is 23.4. The first kappa shape index (κ1) is 11.7. The van der Waals surface area contributed by atoms with Gasteiger partial charge in [-0.2, -0.15) is 0 Å². The van der Waals surface area contributed by atoms with E-state index in [1.54, 1.807) is 0 Å². The maximum atomic E-state index is 13.0. The van der Waals surface area contributed by atoms with Crippen LogP contribution >= 0.6 is 34.8 Å². The summed E-state index contributed by atoms with van der Waals surface area (Å²) >= 11 is 15.7. The van der Waals surface area contributed by atoms with Crippen LogP contribution in [-0.2, 0) is 0 Å². The Kier molecular flexibility index (Phi) is 3.35. The lowest BCUT2D eigenvalue weighted by molar-refractivity contribution is 0.0991. The van der Waals surface area contributed by atoms with E-state index in [1.807, 2.05) is 0 Å². The maximum absolute atomic E-state index is 13.0. The molecule has 1 rings (SSSR count). The summed E-state index contributed by atoms with van der Waals surface area (Å²) in [5, 5.41) is 0. The van der Waals surface area contributed by atoms with Crippen molar-refractivity contribution >= 4 is 40.6 Å². The van der Waals surface area contributed by atoms with Crippen molar-refractivity contribution in [2.75, 3.05) is 0 Å². The summed E-state index contributed by atoms with van der Waals surface area (Å²) in [6.07, 6.45) is 0. The molecule has 1 nitrogen and oxygen atoms in total. The van der Waals surface area contributed by atoms with Gasteiger partial charge in [-0.15, -0.1) is 0 Å². The molecule has 0 spiro atoms. The van der Waals surface area contributed by atoms with Crippen molar-refractivity contribution in [1.29, 1.82) is 0 Å². The Morgan fingerprint density at radius 1 is 1.21 bits per heavy atom. The zero-order valence-corrected chi connectivity index (χ0v) is 8.80. The Morgan fingerprint density at radius 2 is 1.79 bits per heavy atom. The second kappa shape index (κ2) is 4.01. The quantitative estimate of drug-likeness (QED) is 0.557. The number of carbonyl (C=O) groups excluding carboxylic acids is 1. The first-order valence-electron chi connectivity index (χ1n) is 3.39. The second-order valence-corrected chi connectivity index (χ2v) is 4.71. The molecule has 0 N–H and O–H groups in total. The predicted octanol–water partition coefficient (Wildman–Crippen LogP) is 3.52. The van der Waals surface area contributed by atoms with Gasteiger partial charge in [0.2, 0.25) is 5.78 Å². The molecule has 0 aliphatic carbocycles. The van der Waals surface area contributed by atoms with Crippen molar-refractivity contribution in [3.63, 3.8) is 0 Å². The van der Waals surface area contributed by atoms with Gasteiger partial charge in [0.05, 0.1) is 5.56 Å². The Labute approximate surface area is 93.6 Å². The average molecular weight is 259 g/mol. The van der Waals surface area contributed by atoms with Gasteiger partial charge in [-0.3, -0.25) is 4.79 Å². The number of alkyl halides is 3. The van der Waals surface area contributed by atoms with Crippen LogP contribution in [0.25, 0.3) is 0 Å². The first-order valence-corrected chi connectivity index (χ1v) is 4.53. The van der Waals surface area contributed by atoms with Crippen LogP contribution in [0.3, 0.4) is 0 Å². The molecule has 0 aliphatic heterocycles. The monoisotopic (exact) mass is 258 g/mol. The lowest BCUT2D eigenvalue weighted by Crippen LogP contribution is -2.20. The number of benzene rings is 1. The molecule has 0 aromatic heterocycles. The number of rotatable bonds is 1. The number of hydrogen-bond donors (Lipinski definition) is 0. The summed E-state index contributed by atoms with van der Waals surface area (Å²) in [4.78, 5) is 11.2. The van der Waals surface area contributed by atoms with Gasteiger partial charge in [-0.1, -0.05) is 40.9 Å². The predicted molar refractivity (Wildman–Crippen MR) is 51.0 cm³/mol. The number of Topliss-reactive ketones (excluding diaryl/α,β-unsaturated/α-hetero) is 1. The molecule has 0 bridgehead atoms. The molecule has 0 radical (unpaired) electrons. The minimum atomic E-state index is -2.28. The summed E-state index contributed by atoms with van der Waals surface area (Å²) in [6.45, 7) is 0. The van der Waals surface area contributed by atoms with Crippen LogP contribution in [0.2, 0.25) is 0 Å². The van der Waals surface area contributed by atoms with Crippen LogP contribution in [-0.4, -0.2) is 9.58 Å². The van der Waals surface area contributed by atoms with E-state index in [2.05, 4.69) is 0 Å². The van der Waals surface area contributed by atoms with E-state index in [9.17, 15) is 13.6 Å². The fourth-order valence-corrected chi connectivity index (χ4v) is 1.14. The third-order valence-electron chi connectivity index (χ3n) is 1.45. The summed E-state index contributed by atoms with van der Waals surface area (Å²) in [5.41, 5.74) is -0.579. The molecular formula is C8H3Cl3F2O. The fraction of sp³-hybridized carbons (Fsp3) is 0.125. The summed E-state index contributed by atoms with van der Waals surface area (Å²) in [7, 11) is 0. The minimum absolute atomic E-state index is 0.579. The number of hydrogen-bond acceptors (Lipinski definition) is 1. The highest BCUT2D eigenvalue weighted by atomic mass is 35.6. The van der Waals surface area contributed by atoms with Gasteiger partial charge in [0.25, 0.3) is 3.79 Å². The van der Waals surface area contributed by atoms with Crippen LogP contribution in [0.15, 0.2) is 18.2 Å². The Morgan fingerprint density at radius 3 is 2.29 bits per heavy atom. The standard InChI is InChI=1S/C8H3Cl3F2O/c9-8(10,11)7(14)4-2-1-3-5(12)6(4)13/h1-3H. The molecule has 0 unspecified atom stereocenters. The molecule has 0 atom stereocenters. The molecule has 0 saturated carbocycles. The van der Waals surface area contributed by atoms with E-state index in [-0.39, 0.29) is 0 Å². The molecule has 0 fully saturated rings. The van der Waals surface area contributed by atoms with E-state index in [4.69, 9.17) is 34.8 Å². The van der Waals surface area contributed by atoms with E-state index in [0.29, 0.717) is 0 Å². The van der Waals surface area contributed by atoms with Crippen molar-refractivity contribution in [2.45, 2.75) is 3.79 Å². The molecule has 0 aliphatic rings. The van der Waals surface area contributed by atoms with Crippen molar-refractivity contribution in [3.05, 3.63) is 35.4 Å². The zero-order valence-electron chi connectivity index (χ0n) is 6.53. The van der Waals surface area contributed by atoms with Gasteiger partial charge in [0.1, 0.15) is 0 Å². The highest BCUT2D eigenvalue weighted by Gasteiger charge is 2.34. The SMILES string of the molecule is O=C(c1cccc(F)c1F)C(Cl)(Cl)Cl. The van der Waals surface area contributed by atoms with Gasteiger partial charge in [-0.05, 0) is 12.1 Å². The third kappa shape index (κ3) is 2.35. The maximum Gasteiger partial charge on any atom is 0.253 e. The second-order valence-electron chi connectivity index (χ2n) is 2.43. The van der Waals surface area contributed by atoms with Crippen molar-refractivity contribution in [2.24, 2.45) is 0 Å². The van der Waals surface area contributed by atoms with Gasteiger partial charge in [0.15, 0.2) is 11.6 Å². The summed E-state index contributed by atoms with van der Waals surface area (Å²) in [5.74, 6) is -3.58. The van der Waals surface area contributed by atoms with E-state index < -0.39 is 26.8 Å². The molecule has 14 heavy (non-hydrogen) atoms. The first-order chi connectivity index (χ1) is 6.34. The van der Waals surface area contributed by atoms with Crippen LogP contribution < -0.4 is 0 Å². The van der Waals surface area contributed by atoms with Crippen molar-refractivity contribution in [3.8, 4) is 0 Å². The highest BCUT2D eigenvalue weighted by molar-refractivity contribution is 6.77. The average Bonchev–Trinajstić information content (AvgIpc) is 2.07. The molecule has 0 heterocycles. The Balaban J connectivity index is 3.21. The highest BCUT2D eigenvalue weighted by Crippen LogP contribution is 2.31. The molecule has 0 amide bonds. The van der Waals surface area contributed by atoms with Crippen LogP contribution in [0, 0.1) is 11.6 Å². The van der Waals surface area contributed by atoms with Crippen LogP contribution in [0.4, 0.5) is 8.78 Å². The van der Waals surface area contributed by atoms with Gasteiger partial charge in [0, 0.05) is 0 Å². The third-order valence-corrected chi connectivity index (χ3v) is 1.97. The van der Waals surface area contributed by atoms with Crippen LogP contribution in [0.1, 0.15) is 10.4 Å². The number of ketones is 1. The largest absolute Gasteiger partial charge is 0.289 e. The zero-order chi connectivity index (χ0) is 10.9. The Hall–Kier alpha value is -0.380. The smallest absolute Gasteiger partial charge is 0.253 e. The van der Waals surface area contributed by atoms with Crippen molar-refractivity contribution < 1.29 is 13.6 Å². The van der Waals surface area contributed by atoms with Gasteiger partial charge >= 0.3 is 0 Å². The lowest BCUT2D eigenvalue weighted by atomic mass is 10.1.